The van der Waals surface area contributed by atoms with Crippen LogP contribution in [0.3, 0.4) is 0 Å². The molecule has 0 bridgehead atoms. The zero-order chi connectivity index (χ0) is 14.5. The number of likely N-dealkylation sites (tertiary alicyclic amines) is 1. The standard InChI is InChI=1S/C13H16N2O5/c1-19-4-5-20-10-7-15(8-10)12(16)9-2-3-14-11(6-9)13(17)18/h2-3,6,10H,4-5,7-8H2,1H3,(H,17,18). The number of ether oxygens (including phenoxy) is 2. The van der Waals surface area contributed by atoms with E-state index in [1.807, 2.05) is 0 Å². The van der Waals surface area contributed by atoms with Gasteiger partial charge in [-0.15, -0.1) is 0 Å². The first-order valence-corrected chi connectivity index (χ1v) is 6.21. The van der Waals surface area contributed by atoms with Gasteiger partial charge in [-0.25, -0.2) is 9.78 Å². The number of aromatic nitrogens is 1. The van der Waals surface area contributed by atoms with Crippen LogP contribution in [0.15, 0.2) is 18.3 Å². The first-order chi connectivity index (χ1) is 9.61. The molecule has 1 aromatic heterocycles. The molecule has 1 aliphatic heterocycles. The fourth-order valence-electron chi connectivity index (χ4n) is 1.87. The third kappa shape index (κ3) is 3.31. The zero-order valence-electron chi connectivity index (χ0n) is 11.1. The number of carboxylic acid groups (broad SMARTS) is 1. The van der Waals surface area contributed by atoms with E-state index in [1.54, 1.807) is 12.0 Å². The van der Waals surface area contributed by atoms with Gasteiger partial charge in [-0.3, -0.25) is 4.79 Å². The van der Waals surface area contributed by atoms with Crippen molar-refractivity contribution in [3.63, 3.8) is 0 Å². The van der Waals surface area contributed by atoms with Crippen LogP contribution in [-0.2, 0) is 9.47 Å². The summed E-state index contributed by atoms with van der Waals surface area (Å²) in [5, 5.41) is 8.84. The lowest BCUT2D eigenvalue weighted by Crippen LogP contribution is -2.55. The molecule has 2 heterocycles. The Bertz CT molecular complexity index is 499. The van der Waals surface area contributed by atoms with E-state index < -0.39 is 5.97 Å². The molecule has 0 atom stereocenters. The van der Waals surface area contributed by atoms with Crippen molar-refractivity contribution in [2.75, 3.05) is 33.4 Å². The fraction of sp³-hybridized carbons (Fsp3) is 0.462. The van der Waals surface area contributed by atoms with Gasteiger partial charge in [0.05, 0.1) is 19.3 Å². The summed E-state index contributed by atoms with van der Waals surface area (Å²) in [5.74, 6) is -1.36. The predicted molar refractivity (Wildman–Crippen MR) is 68.7 cm³/mol. The van der Waals surface area contributed by atoms with Crippen molar-refractivity contribution in [1.82, 2.24) is 9.88 Å². The molecule has 2 rings (SSSR count). The maximum Gasteiger partial charge on any atom is 0.354 e. The number of hydrogen-bond donors (Lipinski definition) is 1. The van der Waals surface area contributed by atoms with Crippen LogP contribution in [0.5, 0.6) is 0 Å². The van der Waals surface area contributed by atoms with E-state index in [9.17, 15) is 9.59 Å². The van der Waals surface area contributed by atoms with Crippen molar-refractivity contribution in [3.8, 4) is 0 Å². The van der Waals surface area contributed by atoms with Crippen molar-refractivity contribution in [2.24, 2.45) is 0 Å². The van der Waals surface area contributed by atoms with E-state index in [0.717, 1.165) is 0 Å². The molecule has 1 fully saturated rings. The van der Waals surface area contributed by atoms with E-state index in [1.165, 1.54) is 18.3 Å². The quantitative estimate of drug-likeness (QED) is 0.752. The maximum absolute atomic E-state index is 12.1. The Balaban J connectivity index is 1.87. The third-order valence-corrected chi connectivity index (χ3v) is 3.00. The van der Waals surface area contributed by atoms with Crippen LogP contribution in [0.2, 0.25) is 0 Å². The first-order valence-electron chi connectivity index (χ1n) is 6.21. The van der Waals surface area contributed by atoms with Crippen molar-refractivity contribution in [1.29, 1.82) is 0 Å². The first kappa shape index (κ1) is 14.4. The molecule has 0 radical (unpaired) electrons. The molecule has 0 aromatic carbocycles. The normalized spacial score (nSPS) is 14.9. The number of rotatable bonds is 6. The number of hydrogen-bond acceptors (Lipinski definition) is 5. The van der Waals surface area contributed by atoms with Gasteiger partial charge in [0.15, 0.2) is 0 Å². The predicted octanol–water partition coefficient (Wildman–Crippen LogP) is 0.267. The third-order valence-electron chi connectivity index (χ3n) is 3.00. The van der Waals surface area contributed by atoms with Gasteiger partial charge in [0.25, 0.3) is 5.91 Å². The van der Waals surface area contributed by atoms with Gasteiger partial charge in [0, 0.05) is 32.0 Å². The highest BCUT2D eigenvalue weighted by molar-refractivity contribution is 5.97. The van der Waals surface area contributed by atoms with Gasteiger partial charge in [-0.2, -0.15) is 0 Å². The Kier molecular flexibility index (Phi) is 4.65. The molecule has 108 valence electrons. The highest BCUT2D eigenvalue weighted by atomic mass is 16.5. The number of aromatic carboxylic acids is 1. The Morgan fingerprint density at radius 2 is 2.20 bits per heavy atom. The molecule has 0 spiro atoms. The second-order valence-corrected chi connectivity index (χ2v) is 4.43. The summed E-state index contributed by atoms with van der Waals surface area (Å²) >= 11 is 0. The van der Waals surface area contributed by atoms with Gasteiger partial charge in [0.2, 0.25) is 0 Å². The number of pyridine rings is 1. The van der Waals surface area contributed by atoms with Gasteiger partial charge >= 0.3 is 5.97 Å². The molecule has 1 aromatic rings. The maximum atomic E-state index is 12.1. The molecule has 1 N–H and O–H groups in total. The Hall–Kier alpha value is -1.99. The van der Waals surface area contributed by atoms with Crippen LogP contribution in [0, 0.1) is 0 Å². The van der Waals surface area contributed by atoms with Gasteiger partial charge in [0.1, 0.15) is 5.69 Å². The molecule has 20 heavy (non-hydrogen) atoms. The van der Waals surface area contributed by atoms with Crippen molar-refractivity contribution < 1.29 is 24.2 Å². The monoisotopic (exact) mass is 280 g/mol. The molecular formula is C13H16N2O5. The molecule has 0 aliphatic carbocycles. The molecular weight excluding hydrogens is 264 g/mol. The van der Waals surface area contributed by atoms with E-state index >= 15 is 0 Å². The highest BCUT2D eigenvalue weighted by Gasteiger charge is 2.32. The molecule has 7 heteroatoms. The minimum Gasteiger partial charge on any atom is -0.477 e. The second kappa shape index (κ2) is 6.44. The number of nitrogens with zero attached hydrogens (tertiary/aromatic N) is 2. The van der Waals surface area contributed by atoms with E-state index in [4.69, 9.17) is 14.6 Å². The summed E-state index contributed by atoms with van der Waals surface area (Å²) in [7, 11) is 1.60. The fourth-order valence-corrected chi connectivity index (χ4v) is 1.87. The average Bonchev–Trinajstić information content (AvgIpc) is 2.41. The van der Waals surface area contributed by atoms with Crippen LogP contribution in [0.25, 0.3) is 0 Å². The van der Waals surface area contributed by atoms with E-state index in [-0.39, 0.29) is 17.7 Å². The minimum absolute atomic E-state index is 0.0230. The van der Waals surface area contributed by atoms with Gasteiger partial charge in [-0.05, 0) is 12.1 Å². The average molecular weight is 280 g/mol. The van der Waals surface area contributed by atoms with Crippen LogP contribution in [0.1, 0.15) is 20.8 Å². The van der Waals surface area contributed by atoms with E-state index in [0.29, 0.717) is 31.9 Å². The molecule has 1 amide bonds. The van der Waals surface area contributed by atoms with Crippen molar-refractivity contribution in [3.05, 3.63) is 29.6 Å². The lowest BCUT2D eigenvalue weighted by Gasteiger charge is -2.38. The zero-order valence-corrected chi connectivity index (χ0v) is 11.1. The second-order valence-electron chi connectivity index (χ2n) is 4.43. The SMILES string of the molecule is COCCOC1CN(C(=O)c2ccnc(C(=O)O)c2)C1. The van der Waals surface area contributed by atoms with Crippen LogP contribution in [-0.4, -0.2) is 66.4 Å². The molecule has 1 saturated heterocycles. The Morgan fingerprint density at radius 1 is 1.45 bits per heavy atom. The number of carboxylic acids is 1. The number of carbonyl (C=O) groups excluding carboxylic acids is 1. The largest absolute Gasteiger partial charge is 0.477 e. The highest BCUT2D eigenvalue weighted by Crippen LogP contribution is 2.16. The summed E-state index contributed by atoms with van der Waals surface area (Å²) in [6.07, 6.45) is 1.35. The summed E-state index contributed by atoms with van der Waals surface area (Å²) in [4.78, 5) is 28.2. The number of methoxy groups -OCH3 is 1. The number of amides is 1. The topological polar surface area (TPSA) is 89.0 Å². The Labute approximate surface area is 116 Å². The molecule has 7 nitrogen and oxygen atoms in total. The van der Waals surface area contributed by atoms with Gasteiger partial charge < -0.3 is 19.5 Å². The Morgan fingerprint density at radius 3 is 2.85 bits per heavy atom. The van der Waals surface area contributed by atoms with Crippen molar-refractivity contribution in [2.45, 2.75) is 6.10 Å². The molecule has 0 unspecified atom stereocenters. The van der Waals surface area contributed by atoms with Gasteiger partial charge in [-0.1, -0.05) is 0 Å². The number of carbonyl (C=O) groups is 2. The lowest BCUT2D eigenvalue weighted by molar-refractivity contribution is -0.0554. The summed E-state index contributed by atoms with van der Waals surface area (Å²) < 4.78 is 10.3. The summed E-state index contributed by atoms with van der Waals surface area (Å²) in [6.45, 7) is 2.04. The summed E-state index contributed by atoms with van der Waals surface area (Å²) in [6, 6.07) is 2.79. The lowest BCUT2D eigenvalue weighted by atomic mass is 10.1. The molecule has 0 saturated carbocycles. The van der Waals surface area contributed by atoms with Crippen molar-refractivity contribution >= 4 is 11.9 Å². The summed E-state index contributed by atoms with van der Waals surface area (Å²) in [5.41, 5.74) is 0.192. The van der Waals surface area contributed by atoms with Crippen LogP contribution in [0.4, 0.5) is 0 Å². The van der Waals surface area contributed by atoms with E-state index in [2.05, 4.69) is 4.98 Å². The smallest absolute Gasteiger partial charge is 0.354 e. The van der Waals surface area contributed by atoms with Crippen LogP contribution >= 0.6 is 0 Å². The van der Waals surface area contributed by atoms with Crippen LogP contribution < -0.4 is 0 Å². The molecule has 1 aliphatic rings. The minimum atomic E-state index is -1.15.